The largest absolute Gasteiger partial charge is 0.278 e. The van der Waals surface area contributed by atoms with E-state index in [-0.39, 0.29) is 0 Å². The maximum atomic E-state index is 7.47. The summed E-state index contributed by atoms with van der Waals surface area (Å²) < 4.78 is 3.07. The van der Waals surface area contributed by atoms with Crippen molar-refractivity contribution >= 4 is 43.4 Å². The van der Waals surface area contributed by atoms with E-state index in [2.05, 4.69) is 61.7 Å². The summed E-state index contributed by atoms with van der Waals surface area (Å²) in [6, 6.07) is 34.3. The molecule has 0 aliphatic rings. The molecule has 5 heteroatoms. The zero-order valence-electron chi connectivity index (χ0n) is 18.0. The van der Waals surface area contributed by atoms with Crippen LogP contribution in [-0.4, -0.2) is 14.5 Å². The molecule has 34 heavy (non-hydrogen) atoms. The second kappa shape index (κ2) is 8.26. The summed E-state index contributed by atoms with van der Waals surface area (Å²) in [6.45, 7) is 7.47. The van der Waals surface area contributed by atoms with Crippen LogP contribution in [0.15, 0.2) is 108 Å². The number of nitrogens with zero attached hydrogens (tertiary/aromatic N) is 4. The molecule has 0 N–H and O–H groups in total. The fourth-order valence-electron chi connectivity index (χ4n) is 4.32. The molecule has 0 aliphatic heterocycles. The van der Waals surface area contributed by atoms with Gasteiger partial charge in [0.1, 0.15) is 0 Å². The minimum absolute atomic E-state index is 0.595. The summed E-state index contributed by atoms with van der Waals surface area (Å²) in [5.74, 6) is 0.595. The van der Waals surface area contributed by atoms with Gasteiger partial charge in [0.2, 0.25) is 5.95 Å². The van der Waals surface area contributed by atoms with Crippen molar-refractivity contribution < 1.29 is 0 Å². The highest BCUT2D eigenvalue weighted by molar-refractivity contribution is 9.10. The Balaban J connectivity index is 1.70. The third kappa shape index (κ3) is 3.45. The first kappa shape index (κ1) is 20.3. The molecule has 0 fully saturated rings. The smallest absolute Gasteiger partial charge is 0.235 e. The first-order valence-electron chi connectivity index (χ1n) is 10.8. The van der Waals surface area contributed by atoms with E-state index in [0.717, 1.165) is 48.8 Å². The Bertz CT molecular complexity index is 1660. The lowest BCUT2D eigenvalue weighted by atomic mass is 10.1. The Morgan fingerprint density at radius 2 is 1.21 bits per heavy atom. The van der Waals surface area contributed by atoms with Crippen molar-refractivity contribution in [3.05, 3.63) is 119 Å². The standard InChI is InChI=1S/C29H17BrN4/c1-31-22-13-15-28-24(17-22)23-16-21(30)12-14-27(23)34(28)29-32-25(19-8-4-2-5-9-19)18-26(33-29)20-10-6-3-7-11-20/h2-18H. The van der Waals surface area contributed by atoms with Gasteiger partial charge >= 0.3 is 0 Å². The Morgan fingerprint density at radius 1 is 0.647 bits per heavy atom. The van der Waals surface area contributed by atoms with Crippen molar-refractivity contribution in [3.63, 3.8) is 0 Å². The first-order valence-corrected chi connectivity index (χ1v) is 11.6. The van der Waals surface area contributed by atoms with Gasteiger partial charge in [0.25, 0.3) is 0 Å². The molecule has 0 aliphatic carbocycles. The van der Waals surface area contributed by atoms with Crippen LogP contribution in [0.5, 0.6) is 0 Å². The fraction of sp³-hybridized carbons (Fsp3) is 0. The monoisotopic (exact) mass is 500 g/mol. The minimum Gasteiger partial charge on any atom is -0.278 e. The lowest BCUT2D eigenvalue weighted by Crippen LogP contribution is -2.03. The van der Waals surface area contributed by atoms with Crippen molar-refractivity contribution in [3.8, 4) is 28.5 Å². The molecule has 0 radical (unpaired) electrons. The lowest BCUT2D eigenvalue weighted by molar-refractivity contribution is 0.995. The van der Waals surface area contributed by atoms with Gasteiger partial charge in [-0.1, -0.05) is 82.7 Å². The molecule has 2 heterocycles. The van der Waals surface area contributed by atoms with Gasteiger partial charge in [0, 0.05) is 21.0 Å². The number of benzene rings is 4. The van der Waals surface area contributed by atoms with E-state index < -0.39 is 0 Å². The zero-order chi connectivity index (χ0) is 23.1. The molecule has 2 aromatic heterocycles. The average Bonchev–Trinajstić information content (AvgIpc) is 3.22. The molecule has 160 valence electrons. The highest BCUT2D eigenvalue weighted by Gasteiger charge is 2.17. The van der Waals surface area contributed by atoms with E-state index in [1.54, 1.807) is 0 Å². The van der Waals surface area contributed by atoms with Gasteiger partial charge in [-0.15, -0.1) is 0 Å². The summed E-state index contributed by atoms with van der Waals surface area (Å²) in [6.07, 6.45) is 0. The van der Waals surface area contributed by atoms with E-state index in [9.17, 15) is 0 Å². The maximum Gasteiger partial charge on any atom is 0.235 e. The van der Waals surface area contributed by atoms with Crippen LogP contribution in [-0.2, 0) is 0 Å². The summed E-state index contributed by atoms with van der Waals surface area (Å²) >= 11 is 3.60. The molecule has 0 saturated carbocycles. The van der Waals surface area contributed by atoms with E-state index in [4.69, 9.17) is 16.5 Å². The third-order valence-electron chi connectivity index (χ3n) is 5.89. The zero-order valence-corrected chi connectivity index (χ0v) is 19.6. The molecule has 0 bridgehead atoms. The molecular formula is C29H17BrN4. The molecule has 6 aromatic rings. The number of hydrogen-bond donors (Lipinski definition) is 0. The SMILES string of the molecule is [C-]#[N+]c1ccc2c(c1)c1cc(Br)ccc1n2-c1nc(-c2ccccc2)cc(-c2ccccc2)n1. The van der Waals surface area contributed by atoms with Gasteiger partial charge in [-0.05, 0) is 41.8 Å². The van der Waals surface area contributed by atoms with Gasteiger partial charge in [0.15, 0.2) is 5.69 Å². The Labute approximate surface area is 205 Å². The number of aromatic nitrogens is 3. The molecule has 0 unspecified atom stereocenters. The van der Waals surface area contributed by atoms with Crippen molar-refractivity contribution in [2.24, 2.45) is 0 Å². The fourth-order valence-corrected chi connectivity index (χ4v) is 4.68. The third-order valence-corrected chi connectivity index (χ3v) is 6.39. The predicted octanol–water partition coefficient (Wildman–Crippen LogP) is 8.22. The molecule has 4 aromatic carbocycles. The van der Waals surface area contributed by atoms with E-state index in [0.29, 0.717) is 11.6 Å². The van der Waals surface area contributed by atoms with Crippen LogP contribution in [0.3, 0.4) is 0 Å². The average molecular weight is 501 g/mol. The Morgan fingerprint density at radius 3 is 1.79 bits per heavy atom. The van der Waals surface area contributed by atoms with Gasteiger partial charge in [-0.25, -0.2) is 14.8 Å². The predicted molar refractivity (Wildman–Crippen MR) is 141 cm³/mol. The molecule has 0 amide bonds. The van der Waals surface area contributed by atoms with Crippen molar-refractivity contribution in [1.29, 1.82) is 0 Å². The number of fused-ring (bicyclic) bond motifs is 3. The van der Waals surface area contributed by atoms with Crippen LogP contribution < -0.4 is 0 Å². The molecule has 0 atom stereocenters. The second-order valence-corrected chi connectivity index (χ2v) is 8.90. The summed E-state index contributed by atoms with van der Waals surface area (Å²) in [5.41, 5.74) is 6.33. The van der Waals surface area contributed by atoms with Gasteiger partial charge < -0.3 is 0 Å². The molecular weight excluding hydrogens is 484 g/mol. The second-order valence-electron chi connectivity index (χ2n) is 7.98. The van der Waals surface area contributed by atoms with Crippen molar-refractivity contribution in [2.75, 3.05) is 0 Å². The Kier molecular flexibility index (Phi) is 4.94. The minimum atomic E-state index is 0.595. The molecule has 0 spiro atoms. The lowest BCUT2D eigenvalue weighted by Gasteiger charge is -2.11. The van der Waals surface area contributed by atoms with Crippen LogP contribution in [0.2, 0.25) is 0 Å². The topological polar surface area (TPSA) is 35.1 Å². The van der Waals surface area contributed by atoms with Crippen LogP contribution in [0, 0.1) is 6.57 Å². The number of halogens is 1. The van der Waals surface area contributed by atoms with Gasteiger partial charge in [-0.3, -0.25) is 4.57 Å². The molecule has 4 nitrogen and oxygen atoms in total. The molecule has 0 saturated heterocycles. The quantitative estimate of drug-likeness (QED) is 0.229. The summed E-state index contributed by atoms with van der Waals surface area (Å²) in [7, 11) is 0. The van der Waals surface area contributed by atoms with Crippen molar-refractivity contribution in [2.45, 2.75) is 0 Å². The normalized spacial score (nSPS) is 11.1. The van der Waals surface area contributed by atoms with Crippen LogP contribution in [0.25, 0.3) is 55.1 Å². The Hall–Kier alpha value is -4.27. The summed E-state index contributed by atoms with van der Waals surface area (Å²) in [5, 5.41) is 2.05. The van der Waals surface area contributed by atoms with Gasteiger partial charge in [0.05, 0.1) is 29.0 Å². The van der Waals surface area contributed by atoms with Gasteiger partial charge in [-0.2, -0.15) is 0 Å². The highest BCUT2D eigenvalue weighted by Crippen LogP contribution is 2.36. The molecule has 6 rings (SSSR count). The van der Waals surface area contributed by atoms with E-state index in [1.165, 1.54) is 0 Å². The van der Waals surface area contributed by atoms with Crippen molar-refractivity contribution in [1.82, 2.24) is 14.5 Å². The van der Waals surface area contributed by atoms with Crippen LogP contribution >= 0.6 is 15.9 Å². The first-order chi connectivity index (χ1) is 16.7. The maximum absolute atomic E-state index is 7.47. The highest BCUT2D eigenvalue weighted by atomic mass is 79.9. The van der Waals surface area contributed by atoms with Crippen LogP contribution in [0.1, 0.15) is 0 Å². The number of rotatable bonds is 3. The van der Waals surface area contributed by atoms with E-state index >= 15 is 0 Å². The summed E-state index contributed by atoms with van der Waals surface area (Å²) in [4.78, 5) is 13.7. The van der Waals surface area contributed by atoms with Crippen LogP contribution in [0.4, 0.5) is 5.69 Å². The number of hydrogen-bond acceptors (Lipinski definition) is 2. The van der Waals surface area contributed by atoms with E-state index in [1.807, 2.05) is 66.7 Å².